The van der Waals surface area contributed by atoms with Crippen molar-refractivity contribution >= 4 is 5.91 Å². The summed E-state index contributed by atoms with van der Waals surface area (Å²) in [6, 6.07) is 17.6. The Labute approximate surface area is 199 Å². The van der Waals surface area contributed by atoms with E-state index in [0.29, 0.717) is 5.56 Å². The van der Waals surface area contributed by atoms with Crippen LogP contribution in [-0.4, -0.2) is 62.7 Å². The summed E-state index contributed by atoms with van der Waals surface area (Å²) in [5, 5.41) is 7.30. The van der Waals surface area contributed by atoms with Crippen molar-refractivity contribution in [3.8, 4) is 33.8 Å². The lowest BCUT2D eigenvalue weighted by Crippen LogP contribution is -2.50. The molecule has 4 heterocycles. The van der Waals surface area contributed by atoms with Crippen LogP contribution < -0.4 is 0 Å². The molecule has 1 aliphatic rings. The van der Waals surface area contributed by atoms with E-state index in [-0.39, 0.29) is 12.1 Å². The van der Waals surface area contributed by atoms with E-state index in [9.17, 15) is 4.79 Å². The number of nitrogens with one attached hydrogen (secondary N) is 1. The SMILES string of the molecule is CN(C)C1CCCCN1C(=O)c1ccc(-c2cc(-c3cn[nH]c3-c3ccccn3)ccn2)cc1. The summed E-state index contributed by atoms with van der Waals surface area (Å²) in [4.78, 5) is 26.4. The van der Waals surface area contributed by atoms with Gasteiger partial charge in [-0.2, -0.15) is 5.10 Å². The highest BCUT2D eigenvalue weighted by molar-refractivity contribution is 5.95. The number of amides is 1. The fraction of sp³-hybridized carbons (Fsp3) is 0.259. The van der Waals surface area contributed by atoms with Gasteiger partial charge in [0.2, 0.25) is 0 Å². The molecule has 1 amide bonds. The summed E-state index contributed by atoms with van der Waals surface area (Å²) < 4.78 is 0. The zero-order valence-electron chi connectivity index (χ0n) is 19.5. The van der Waals surface area contributed by atoms with Crippen LogP contribution in [0.15, 0.2) is 73.2 Å². The largest absolute Gasteiger partial charge is 0.323 e. The Balaban J connectivity index is 1.40. The number of piperidine rings is 1. The molecule has 172 valence electrons. The average Bonchev–Trinajstić information content (AvgIpc) is 3.39. The molecule has 7 heteroatoms. The third kappa shape index (κ3) is 4.34. The quantitative estimate of drug-likeness (QED) is 0.474. The predicted octanol–water partition coefficient (Wildman–Crippen LogP) is 4.71. The Morgan fingerprint density at radius 3 is 2.56 bits per heavy atom. The van der Waals surface area contributed by atoms with Gasteiger partial charge in [-0.3, -0.25) is 24.8 Å². The van der Waals surface area contributed by atoms with Gasteiger partial charge in [-0.25, -0.2) is 0 Å². The van der Waals surface area contributed by atoms with Crippen molar-refractivity contribution in [2.75, 3.05) is 20.6 Å². The number of carbonyl (C=O) groups excluding carboxylic acids is 1. The van der Waals surface area contributed by atoms with Gasteiger partial charge in [0.25, 0.3) is 5.91 Å². The Bertz CT molecular complexity index is 1270. The molecule has 1 aliphatic heterocycles. The lowest BCUT2D eigenvalue weighted by atomic mass is 10.0. The molecule has 1 aromatic carbocycles. The first-order chi connectivity index (χ1) is 16.6. The van der Waals surface area contributed by atoms with Crippen molar-refractivity contribution in [1.82, 2.24) is 30.0 Å². The van der Waals surface area contributed by atoms with Gasteiger partial charge < -0.3 is 4.90 Å². The van der Waals surface area contributed by atoms with Crippen molar-refractivity contribution in [1.29, 1.82) is 0 Å². The summed E-state index contributed by atoms with van der Waals surface area (Å²) >= 11 is 0. The Morgan fingerprint density at radius 2 is 1.79 bits per heavy atom. The number of aromatic amines is 1. The van der Waals surface area contributed by atoms with Gasteiger partial charge in [-0.1, -0.05) is 18.2 Å². The molecule has 3 aromatic heterocycles. The van der Waals surface area contributed by atoms with Crippen molar-refractivity contribution < 1.29 is 4.79 Å². The maximum absolute atomic E-state index is 13.2. The van der Waals surface area contributed by atoms with Gasteiger partial charge in [-0.05, 0) is 75.3 Å². The number of rotatable bonds is 5. The Kier molecular flexibility index (Phi) is 6.18. The van der Waals surface area contributed by atoms with E-state index in [1.165, 1.54) is 0 Å². The van der Waals surface area contributed by atoms with Crippen molar-refractivity contribution in [3.63, 3.8) is 0 Å². The fourth-order valence-electron chi connectivity index (χ4n) is 4.60. The van der Waals surface area contributed by atoms with Crippen molar-refractivity contribution in [3.05, 3.63) is 78.8 Å². The molecule has 0 aliphatic carbocycles. The van der Waals surface area contributed by atoms with Crippen LogP contribution >= 0.6 is 0 Å². The van der Waals surface area contributed by atoms with Crippen molar-refractivity contribution in [2.24, 2.45) is 0 Å². The van der Waals surface area contributed by atoms with Crippen LogP contribution in [-0.2, 0) is 0 Å². The van der Waals surface area contributed by atoms with Crippen LogP contribution in [0.4, 0.5) is 0 Å². The van der Waals surface area contributed by atoms with Crippen molar-refractivity contribution in [2.45, 2.75) is 25.4 Å². The molecule has 0 radical (unpaired) electrons. The molecule has 34 heavy (non-hydrogen) atoms. The minimum Gasteiger partial charge on any atom is -0.323 e. The lowest BCUT2D eigenvalue weighted by Gasteiger charge is -2.39. The normalized spacial score (nSPS) is 16.1. The zero-order chi connectivity index (χ0) is 23.5. The van der Waals surface area contributed by atoms with E-state index in [4.69, 9.17) is 0 Å². The van der Waals surface area contributed by atoms with Gasteiger partial charge in [-0.15, -0.1) is 0 Å². The molecule has 1 N–H and O–H groups in total. The Morgan fingerprint density at radius 1 is 0.971 bits per heavy atom. The molecular weight excluding hydrogens is 424 g/mol. The highest BCUT2D eigenvalue weighted by atomic mass is 16.2. The van der Waals surface area contributed by atoms with Crippen LogP contribution in [0.3, 0.4) is 0 Å². The van der Waals surface area contributed by atoms with E-state index in [1.807, 2.05) is 79.8 Å². The molecule has 7 nitrogen and oxygen atoms in total. The van der Waals surface area contributed by atoms with Crippen LogP contribution in [0, 0.1) is 0 Å². The molecule has 5 rings (SSSR count). The van der Waals surface area contributed by atoms with E-state index >= 15 is 0 Å². The van der Waals surface area contributed by atoms with E-state index in [0.717, 1.165) is 59.6 Å². The topological polar surface area (TPSA) is 78.0 Å². The maximum atomic E-state index is 13.2. The van der Waals surface area contributed by atoms with E-state index < -0.39 is 0 Å². The second-order valence-electron chi connectivity index (χ2n) is 8.82. The third-order valence-corrected chi connectivity index (χ3v) is 6.39. The van der Waals surface area contributed by atoms with Crippen LogP contribution in [0.25, 0.3) is 33.8 Å². The number of hydrogen-bond acceptors (Lipinski definition) is 5. The van der Waals surface area contributed by atoms with E-state index in [1.54, 1.807) is 12.4 Å². The van der Waals surface area contributed by atoms with Crippen LogP contribution in [0.1, 0.15) is 29.6 Å². The van der Waals surface area contributed by atoms with Gasteiger partial charge >= 0.3 is 0 Å². The molecule has 1 atom stereocenters. The molecule has 0 bridgehead atoms. The number of benzene rings is 1. The molecule has 4 aromatic rings. The first-order valence-corrected chi connectivity index (χ1v) is 11.6. The summed E-state index contributed by atoms with van der Waals surface area (Å²) in [7, 11) is 4.08. The van der Waals surface area contributed by atoms with Gasteiger partial charge in [0.1, 0.15) is 0 Å². The van der Waals surface area contributed by atoms with Gasteiger partial charge in [0.15, 0.2) is 0 Å². The molecule has 1 fully saturated rings. The number of likely N-dealkylation sites (tertiary alicyclic amines) is 1. The maximum Gasteiger partial charge on any atom is 0.255 e. The number of hydrogen-bond donors (Lipinski definition) is 1. The molecule has 1 saturated heterocycles. The fourth-order valence-corrected chi connectivity index (χ4v) is 4.60. The molecule has 0 spiro atoms. The monoisotopic (exact) mass is 452 g/mol. The van der Waals surface area contributed by atoms with Crippen LogP contribution in [0.5, 0.6) is 0 Å². The summed E-state index contributed by atoms with van der Waals surface area (Å²) in [5.41, 5.74) is 6.19. The van der Waals surface area contributed by atoms with Crippen LogP contribution in [0.2, 0.25) is 0 Å². The smallest absolute Gasteiger partial charge is 0.255 e. The first-order valence-electron chi connectivity index (χ1n) is 11.6. The second kappa shape index (κ2) is 9.57. The number of aromatic nitrogens is 4. The standard InChI is InChI=1S/C27H28N6O/c1-32(2)25-8-4-6-16-33(25)27(34)20-11-9-19(10-12-20)24-17-21(13-15-29-24)22-18-30-31-26(22)23-7-3-5-14-28-23/h3,5,7,9-15,17-18,25H,4,6,8,16H2,1-2H3,(H,30,31). The number of pyridine rings is 2. The third-order valence-electron chi connectivity index (χ3n) is 6.39. The second-order valence-corrected chi connectivity index (χ2v) is 8.82. The summed E-state index contributed by atoms with van der Waals surface area (Å²) in [5.74, 6) is 0.0880. The van der Waals surface area contributed by atoms with Gasteiger partial charge in [0.05, 0.1) is 29.4 Å². The average molecular weight is 453 g/mol. The summed E-state index contributed by atoms with van der Waals surface area (Å²) in [6.45, 7) is 0.802. The highest BCUT2D eigenvalue weighted by Crippen LogP contribution is 2.31. The van der Waals surface area contributed by atoms with E-state index in [2.05, 4.69) is 25.1 Å². The molecule has 1 unspecified atom stereocenters. The highest BCUT2D eigenvalue weighted by Gasteiger charge is 2.28. The molecule has 0 saturated carbocycles. The Hall–Kier alpha value is -3.84. The zero-order valence-corrected chi connectivity index (χ0v) is 19.5. The number of H-pyrrole nitrogens is 1. The lowest BCUT2D eigenvalue weighted by molar-refractivity contribution is 0.0316. The predicted molar refractivity (Wildman–Crippen MR) is 133 cm³/mol. The first kappa shape index (κ1) is 22.0. The number of nitrogens with zero attached hydrogens (tertiary/aromatic N) is 5. The van der Waals surface area contributed by atoms with Gasteiger partial charge in [0, 0.05) is 35.6 Å². The number of carbonyl (C=O) groups is 1. The molecular formula is C27H28N6O. The minimum atomic E-state index is 0.0880. The minimum absolute atomic E-state index is 0.0880. The summed E-state index contributed by atoms with van der Waals surface area (Å²) in [6.07, 6.45) is 8.76.